The Morgan fingerprint density at radius 3 is 2.59 bits per heavy atom. The maximum Gasteiger partial charge on any atom is 0.316 e. The van der Waals surface area contributed by atoms with Crippen LogP contribution in [0.4, 0.5) is 11.4 Å². The van der Waals surface area contributed by atoms with Gasteiger partial charge in [-0.15, -0.1) is 0 Å². The highest BCUT2D eigenvalue weighted by Gasteiger charge is 2.36. The minimum Gasteiger partial charge on any atom is -0.426 e. The number of hydrogen-bond acceptors (Lipinski definition) is 5. The van der Waals surface area contributed by atoms with Gasteiger partial charge in [0.2, 0.25) is 5.91 Å². The third-order valence-corrected chi connectivity index (χ3v) is 5.12. The van der Waals surface area contributed by atoms with Crippen LogP contribution in [0.5, 0.6) is 5.75 Å². The van der Waals surface area contributed by atoms with Gasteiger partial charge in [0.05, 0.1) is 10.8 Å². The normalized spacial score (nSPS) is 18.4. The highest BCUT2D eigenvalue weighted by molar-refractivity contribution is 5.99. The Morgan fingerprint density at radius 1 is 1.11 bits per heavy atom. The molecule has 4 rings (SSSR count). The lowest BCUT2D eigenvalue weighted by Crippen LogP contribution is -2.27. The van der Waals surface area contributed by atoms with Crippen molar-refractivity contribution >= 4 is 23.3 Å². The second-order valence-corrected chi connectivity index (χ2v) is 6.88. The molecule has 0 bridgehead atoms. The molecule has 1 aliphatic carbocycles. The van der Waals surface area contributed by atoms with Crippen molar-refractivity contribution in [1.82, 2.24) is 0 Å². The molecule has 1 unspecified atom stereocenters. The SMILES string of the molecule is O=C(Oc1ccc([N+](=O)[O-])cc1)C1CC(=O)N(c2ccc3c(c2)CCC3)C1. The maximum atomic E-state index is 12.4. The van der Waals surface area contributed by atoms with Crippen molar-refractivity contribution in [3.63, 3.8) is 0 Å². The number of nitro benzene ring substituents is 1. The average molecular weight is 366 g/mol. The van der Waals surface area contributed by atoms with E-state index in [4.69, 9.17) is 4.74 Å². The number of carbonyl (C=O) groups is 2. The molecule has 1 saturated heterocycles. The summed E-state index contributed by atoms with van der Waals surface area (Å²) in [5.74, 6) is -0.922. The fourth-order valence-electron chi connectivity index (χ4n) is 3.68. The fraction of sp³-hybridized carbons (Fsp3) is 0.300. The van der Waals surface area contributed by atoms with Crippen molar-refractivity contribution in [2.45, 2.75) is 25.7 Å². The molecule has 2 aromatic carbocycles. The summed E-state index contributed by atoms with van der Waals surface area (Å²) in [5, 5.41) is 10.7. The number of nitro groups is 1. The van der Waals surface area contributed by atoms with Gasteiger partial charge in [0.1, 0.15) is 5.75 Å². The number of non-ortho nitro benzene ring substituents is 1. The fourth-order valence-corrected chi connectivity index (χ4v) is 3.68. The van der Waals surface area contributed by atoms with E-state index < -0.39 is 16.8 Å². The van der Waals surface area contributed by atoms with Gasteiger partial charge in [-0.1, -0.05) is 6.07 Å². The van der Waals surface area contributed by atoms with Gasteiger partial charge in [-0.05, 0) is 54.7 Å². The van der Waals surface area contributed by atoms with Crippen molar-refractivity contribution < 1.29 is 19.2 Å². The number of fused-ring (bicyclic) bond motifs is 1. The van der Waals surface area contributed by atoms with Crippen LogP contribution >= 0.6 is 0 Å². The van der Waals surface area contributed by atoms with E-state index in [2.05, 4.69) is 6.07 Å². The van der Waals surface area contributed by atoms with Gasteiger partial charge < -0.3 is 9.64 Å². The van der Waals surface area contributed by atoms with E-state index in [0.717, 1.165) is 24.9 Å². The Kier molecular flexibility index (Phi) is 4.35. The van der Waals surface area contributed by atoms with Crippen LogP contribution in [0.15, 0.2) is 42.5 Å². The molecule has 0 aromatic heterocycles. The lowest BCUT2D eigenvalue weighted by Gasteiger charge is -2.17. The molecule has 2 aromatic rings. The van der Waals surface area contributed by atoms with Gasteiger partial charge in [-0.2, -0.15) is 0 Å². The maximum absolute atomic E-state index is 12.4. The predicted octanol–water partition coefficient (Wildman–Crippen LogP) is 3.04. The van der Waals surface area contributed by atoms with Crippen LogP contribution < -0.4 is 9.64 Å². The molecule has 1 fully saturated rings. The number of aryl methyl sites for hydroxylation is 2. The van der Waals surface area contributed by atoms with E-state index in [1.807, 2.05) is 12.1 Å². The first-order valence-corrected chi connectivity index (χ1v) is 8.89. The predicted molar refractivity (Wildman–Crippen MR) is 97.7 cm³/mol. The van der Waals surface area contributed by atoms with E-state index in [1.54, 1.807) is 4.90 Å². The summed E-state index contributed by atoms with van der Waals surface area (Å²) in [7, 11) is 0. The quantitative estimate of drug-likeness (QED) is 0.359. The summed E-state index contributed by atoms with van der Waals surface area (Å²) < 4.78 is 5.30. The van der Waals surface area contributed by atoms with Gasteiger partial charge in [-0.3, -0.25) is 19.7 Å². The zero-order valence-electron chi connectivity index (χ0n) is 14.6. The largest absolute Gasteiger partial charge is 0.426 e. The van der Waals surface area contributed by atoms with Crippen molar-refractivity contribution in [1.29, 1.82) is 0 Å². The third kappa shape index (κ3) is 3.40. The first kappa shape index (κ1) is 17.2. The molecule has 7 heteroatoms. The minimum atomic E-state index is -0.555. The zero-order valence-corrected chi connectivity index (χ0v) is 14.6. The molecule has 138 valence electrons. The van der Waals surface area contributed by atoms with Crippen LogP contribution in [0.1, 0.15) is 24.0 Å². The number of carbonyl (C=O) groups excluding carboxylic acids is 2. The van der Waals surface area contributed by atoms with Gasteiger partial charge in [0.25, 0.3) is 5.69 Å². The number of hydrogen-bond donors (Lipinski definition) is 0. The van der Waals surface area contributed by atoms with E-state index in [1.165, 1.54) is 35.4 Å². The molecule has 1 heterocycles. The summed E-state index contributed by atoms with van der Waals surface area (Å²) in [4.78, 5) is 36.6. The number of amides is 1. The van der Waals surface area contributed by atoms with Gasteiger partial charge in [-0.25, -0.2) is 0 Å². The number of benzene rings is 2. The van der Waals surface area contributed by atoms with Crippen molar-refractivity contribution in [3.8, 4) is 5.75 Å². The first-order valence-electron chi connectivity index (χ1n) is 8.89. The van der Waals surface area contributed by atoms with Gasteiger partial charge in [0.15, 0.2) is 0 Å². The van der Waals surface area contributed by atoms with E-state index in [9.17, 15) is 19.7 Å². The number of ether oxygens (including phenoxy) is 1. The molecule has 1 amide bonds. The summed E-state index contributed by atoms with van der Waals surface area (Å²) in [6.07, 6.45) is 3.34. The van der Waals surface area contributed by atoms with E-state index in [0.29, 0.717) is 0 Å². The molecule has 0 radical (unpaired) electrons. The smallest absolute Gasteiger partial charge is 0.316 e. The van der Waals surface area contributed by atoms with Crippen LogP contribution in [-0.4, -0.2) is 23.3 Å². The zero-order chi connectivity index (χ0) is 19.0. The summed E-state index contributed by atoms with van der Waals surface area (Å²) in [5.41, 5.74) is 3.36. The van der Waals surface area contributed by atoms with Crippen LogP contribution in [0, 0.1) is 16.0 Å². The van der Waals surface area contributed by atoms with Crippen LogP contribution in [0.2, 0.25) is 0 Å². The van der Waals surface area contributed by atoms with E-state index >= 15 is 0 Å². The van der Waals surface area contributed by atoms with Gasteiger partial charge >= 0.3 is 5.97 Å². The lowest BCUT2D eigenvalue weighted by atomic mass is 10.1. The Hall–Kier alpha value is -3.22. The second kappa shape index (κ2) is 6.83. The van der Waals surface area contributed by atoms with Crippen molar-refractivity contribution in [2.75, 3.05) is 11.4 Å². The molecule has 27 heavy (non-hydrogen) atoms. The number of anilines is 1. The Bertz CT molecular complexity index is 922. The molecule has 0 spiro atoms. The number of nitrogens with zero attached hydrogens (tertiary/aromatic N) is 2. The monoisotopic (exact) mass is 366 g/mol. The molecule has 7 nitrogen and oxygen atoms in total. The molecule has 1 atom stereocenters. The molecule has 1 aliphatic heterocycles. The molecular weight excluding hydrogens is 348 g/mol. The number of rotatable bonds is 4. The standard InChI is InChI=1S/C20H18N2O5/c23-19-11-15(20(24)27-18-8-6-16(7-9-18)22(25)26)12-21(19)17-5-4-13-2-1-3-14(13)10-17/h4-10,15H,1-3,11-12H2. The average Bonchev–Trinajstić information content (AvgIpc) is 3.27. The van der Waals surface area contributed by atoms with Crippen molar-refractivity contribution in [2.24, 2.45) is 5.92 Å². The summed E-state index contributed by atoms with van der Waals surface area (Å²) in [6.45, 7) is 0.281. The first-order chi connectivity index (χ1) is 13.0. The minimum absolute atomic E-state index is 0.0753. The third-order valence-electron chi connectivity index (χ3n) is 5.12. The lowest BCUT2D eigenvalue weighted by molar-refractivity contribution is -0.384. The van der Waals surface area contributed by atoms with Gasteiger partial charge in [0, 0.05) is 30.8 Å². The molecule has 2 aliphatic rings. The summed E-state index contributed by atoms with van der Waals surface area (Å²) >= 11 is 0. The van der Waals surface area contributed by atoms with Crippen LogP contribution in [0.3, 0.4) is 0 Å². The highest BCUT2D eigenvalue weighted by atomic mass is 16.6. The molecule has 0 saturated carbocycles. The topological polar surface area (TPSA) is 89.7 Å². The second-order valence-electron chi connectivity index (χ2n) is 6.88. The molecular formula is C20H18N2O5. The Morgan fingerprint density at radius 2 is 1.85 bits per heavy atom. The summed E-state index contributed by atoms with van der Waals surface area (Å²) in [6, 6.07) is 11.4. The molecule has 0 N–H and O–H groups in total. The highest BCUT2D eigenvalue weighted by Crippen LogP contribution is 2.31. The van der Waals surface area contributed by atoms with Crippen molar-refractivity contribution in [3.05, 3.63) is 63.7 Å². The van der Waals surface area contributed by atoms with Crippen LogP contribution in [0.25, 0.3) is 0 Å². The Balaban J connectivity index is 1.44. The number of esters is 1. The van der Waals surface area contributed by atoms with E-state index in [-0.39, 0.29) is 30.3 Å². The van der Waals surface area contributed by atoms with Crippen LogP contribution in [-0.2, 0) is 22.4 Å². The Labute approximate surface area is 155 Å².